The summed E-state index contributed by atoms with van der Waals surface area (Å²) in [5, 5.41) is 14.5. The molecule has 2 bridgehead atoms. The molecule has 1 aromatic rings. The first-order chi connectivity index (χ1) is 11.3. The first-order valence-electron chi connectivity index (χ1n) is 7.89. The second-order valence-corrected chi connectivity index (χ2v) is 8.34. The molecule has 0 radical (unpaired) electrons. The van der Waals surface area contributed by atoms with E-state index in [0.29, 0.717) is 12.1 Å². The van der Waals surface area contributed by atoms with Crippen molar-refractivity contribution in [1.82, 2.24) is 9.62 Å². The maximum Gasteiger partial charge on any atom is 0.271 e. The van der Waals surface area contributed by atoms with Gasteiger partial charge in [-0.3, -0.25) is 10.1 Å². The lowest BCUT2D eigenvalue weighted by atomic mass is 10.0. The van der Waals surface area contributed by atoms with Crippen LogP contribution in [0.1, 0.15) is 25.7 Å². The van der Waals surface area contributed by atoms with Crippen LogP contribution in [0.25, 0.3) is 0 Å². The van der Waals surface area contributed by atoms with Gasteiger partial charge in [-0.15, -0.1) is 0 Å². The smallest absolute Gasteiger partial charge is 0.271 e. The highest BCUT2D eigenvalue weighted by molar-refractivity contribution is 7.89. The minimum Gasteiger partial charge on any atom is -0.495 e. The molecule has 2 atom stereocenters. The molecular weight excluding hydrogens is 334 g/mol. The zero-order valence-electron chi connectivity index (χ0n) is 13.6. The van der Waals surface area contributed by atoms with E-state index in [1.165, 1.54) is 23.5 Å². The fourth-order valence-electron chi connectivity index (χ4n) is 3.66. The summed E-state index contributed by atoms with van der Waals surface area (Å²) >= 11 is 0. The number of ether oxygens (including phenoxy) is 1. The molecule has 2 aliphatic rings. The van der Waals surface area contributed by atoms with E-state index in [0.717, 1.165) is 31.7 Å². The summed E-state index contributed by atoms with van der Waals surface area (Å²) in [5.74, 6) is 0.115. The van der Waals surface area contributed by atoms with Crippen molar-refractivity contribution in [3.8, 4) is 5.75 Å². The van der Waals surface area contributed by atoms with Crippen molar-refractivity contribution in [2.75, 3.05) is 14.2 Å². The van der Waals surface area contributed by atoms with Gasteiger partial charge in [0.2, 0.25) is 10.0 Å². The molecule has 2 saturated heterocycles. The molecule has 1 N–H and O–H groups in total. The molecule has 0 aliphatic carbocycles. The Morgan fingerprint density at radius 1 is 1.29 bits per heavy atom. The van der Waals surface area contributed by atoms with Gasteiger partial charge in [0.25, 0.3) is 5.69 Å². The summed E-state index contributed by atoms with van der Waals surface area (Å²) in [6, 6.07) is 4.21. The molecule has 0 amide bonds. The van der Waals surface area contributed by atoms with Crippen LogP contribution in [-0.2, 0) is 10.0 Å². The monoisotopic (exact) mass is 355 g/mol. The molecule has 2 heterocycles. The molecule has 2 unspecified atom stereocenters. The van der Waals surface area contributed by atoms with E-state index in [1.807, 2.05) is 0 Å². The molecule has 132 valence electrons. The summed E-state index contributed by atoms with van der Waals surface area (Å²) in [6.07, 6.45) is 3.64. The number of sulfonamides is 1. The van der Waals surface area contributed by atoms with Crippen LogP contribution in [0, 0.1) is 10.1 Å². The quantitative estimate of drug-likeness (QED) is 0.634. The van der Waals surface area contributed by atoms with Gasteiger partial charge in [0.05, 0.1) is 12.0 Å². The van der Waals surface area contributed by atoms with Crippen molar-refractivity contribution in [2.45, 2.75) is 48.7 Å². The Hall–Kier alpha value is -1.71. The van der Waals surface area contributed by atoms with E-state index < -0.39 is 14.9 Å². The van der Waals surface area contributed by atoms with Gasteiger partial charge >= 0.3 is 0 Å². The van der Waals surface area contributed by atoms with E-state index in [9.17, 15) is 18.5 Å². The van der Waals surface area contributed by atoms with E-state index >= 15 is 0 Å². The van der Waals surface area contributed by atoms with Gasteiger partial charge in [-0.25, -0.2) is 8.42 Å². The van der Waals surface area contributed by atoms with Crippen LogP contribution < -0.4 is 10.1 Å². The molecule has 2 fully saturated rings. The highest BCUT2D eigenvalue weighted by Crippen LogP contribution is 2.35. The van der Waals surface area contributed by atoms with Crippen molar-refractivity contribution in [3.05, 3.63) is 28.3 Å². The lowest BCUT2D eigenvalue weighted by Crippen LogP contribution is -2.48. The Morgan fingerprint density at radius 2 is 1.92 bits per heavy atom. The molecule has 9 heteroatoms. The number of fused-ring (bicyclic) bond motifs is 2. The summed E-state index contributed by atoms with van der Waals surface area (Å²) < 4.78 is 32.5. The third kappa shape index (κ3) is 2.99. The highest BCUT2D eigenvalue weighted by Gasteiger charge is 2.39. The number of non-ortho nitro benzene ring substituents is 1. The van der Waals surface area contributed by atoms with E-state index in [2.05, 4.69) is 5.32 Å². The van der Waals surface area contributed by atoms with Crippen LogP contribution >= 0.6 is 0 Å². The Kier molecular flexibility index (Phi) is 4.50. The fraction of sp³-hybridized carbons (Fsp3) is 0.600. The number of nitro benzene ring substituents is 1. The first kappa shape index (κ1) is 17.1. The molecule has 1 aromatic carbocycles. The average molecular weight is 355 g/mol. The molecule has 24 heavy (non-hydrogen) atoms. The zero-order valence-corrected chi connectivity index (χ0v) is 14.5. The normalized spacial score (nSPS) is 26.5. The number of nitro groups is 1. The van der Waals surface area contributed by atoms with Gasteiger partial charge in [0, 0.05) is 37.3 Å². The predicted octanol–water partition coefficient (Wildman–Crippen LogP) is 1.51. The summed E-state index contributed by atoms with van der Waals surface area (Å²) in [5.41, 5.74) is -0.270. The number of hydrogen-bond donors (Lipinski definition) is 1. The number of piperidine rings is 1. The van der Waals surface area contributed by atoms with Crippen molar-refractivity contribution >= 4 is 15.7 Å². The van der Waals surface area contributed by atoms with Crippen molar-refractivity contribution in [1.29, 1.82) is 0 Å². The number of benzene rings is 1. The number of nitrogens with one attached hydrogen (secondary N) is 1. The van der Waals surface area contributed by atoms with E-state index in [4.69, 9.17) is 4.74 Å². The van der Waals surface area contributed by atoms with Crippen LogP contribution in [0.3, 0.4) is 0 Å². The maximum atomic E-state index is 13.0. The molecular formula is C15H21N3O5S. The lowest BCUT2D eigenvalue weighted by Gasteiger charge is -2.35. The van der Waals surface area contributed by atoms with Gasteiger partial charge < -0.3 is 10.1 Å². The zero-order chi connectivity index (χ0) is 17.5. The summed E-state index contributed by atoms with van der Waals surface area (Å²) in [7, 11) is -0.984. The average Bonchev–Trinajstić information content (AvgIpc) is 2.91. The lowest BCUT2D eigenvalue weighted by molar-refractivity contribution is -0.385. The standard InChI is InChI=1S/C15H21N3O5S/c1-17(13-7-10-3-4-11(8-13)16-10)24(21,22)15-9-12(18(19)20)5-6-14(15)23-2/h5-6,9-11,13,16H,3-4,7-8H2,1-2H3. The first-order valence-corrected chi connectivity index (χ1v) is 9.33. The fourth-order valence-corrected chi connectivity index (χ4v) is 5.21. The van der Waals surface area contributed by atoms with Gasteiger partial charge in [-0.1, -0.05) is 0 Å². The Morgan fingerprint density at radius 3 is 2.46 bits per heavy atom. The van der Waals surface area contributed by atoms with Gasteiger partial charge in [0.1, 0.15) is 10.6 Å². The number of nitrogens with zero attached hydrogens (tertiary/aromatic N) is 2. The summed E-state index contributed by atoms with van der Waals surface area (Å²) in [6.45, 7) is 0. The van der Waals surface area contributed by atoms with Crippen molar-refractivity contribution in [2.24, 2.45) is 0 Å². The maximum absolute atomic E-state index is 13.0. The van der Waals surface area contributed by atoms with E-state index in [-0.39, 0.29) is 22.4 Å². The van der Waals surface area contributed by atoms with Crippen LogP contribution in [0.4, 0.5) is 5.69 Å². The number of hydrogen-bond acceptors (Lipinski definition) is 6. The SMILES string of the molecule is COc1ccc([N+](=O)[O-])cc1S(=O)(=O)N(C)C1CC2CCC(C1)N2. The van der Waals surface area contributed by atoms with Crippen LogP contribution in [-0.4, -0.2) is 49.9 Å². The second kappa shape index (κ2) is 6.30. The largest absolute Gasteiger partial charge is 0.495 e. The third-order valence-electron chi connectivity index (χ3n) is 4.98. The third-order valence-corrected chi connectivity index (χ3v) is 6.91. The van der Waals surface area contributed by atoms with Crippen LogP contribution in [0.2, 0.25) is 0 Å². The molecule has 8 nitrogen and oxygen atoms in total. The number of methoxy groups -OCH3 is 1. The number of rotatable bonds is 5. The second-order valence-electron chi connectivity index (χ2n) is 6.38. The van der Waals surface area contributed by atoms with E-state index in [1.54, 1.807) is 7.05 Å². The molecule has 0 spiro atoms. The summed E-state index contributed by atoms with van der Waals surface area (Å²) in [4.78, 5) is 10.2. The molecule has 0 aromatic heterocycles. The molecule has 2 aliphatic heterocycles. The Labute approximate surface area is 141 Å². The minimum atomic E-state index is -3.88. The van der Waals surface area contributed by atoms with Gasteiger partial charge in [0.15, 0.2) is 0 Å². The van der Waals surface area contributed by atoms with Crippen molar-refractivity contribution in [3.63, 3.8) is 0 Å². The van der Waals surface area contributed by atoms with Gasteiger partial charge in [-0.05, 0) is 31.7 Å². The Bertz CT molecular complexity index is 739. The molecule has 3 rings (SSSR count). The Balaban J connectivity index is 1.94. The van der Waals surface area contributed by atoms with Crippen LogP contribution in [0.15, 0.2) is 23.1 Å². The van der Waals surface area contributed by atoms with Crippen molar-refractivity contribution < 1.29 is 18.1 Å². The topological polar surface area (TPSA) is 102 Å². The van der Waals surface area contributed by atoms with Gasteiger partial charge in [-0.2, -0.15) is 4.31 Å². The van der Waals surface area contributed by atoms with Crippen LogP contribution in [0.5, 0.6) is 5.75 Å². The minimum absolute atomic E-state index is 0.113. The molecule has 0 saturated carbocycles. The predicted molar refractivity (Wildman–Crippen MR) is 87.6 cm³/mol. The highest BCUT2D eigenvalue weighted by atomic mass is 32.2.